The van der Waals surface area contributed by atoms with Gasteiger partial charge in [-0.2, -0.15) is 0 Å². The Morgan fingerprint density at radius 2 is 2.24 bits per heavy atom. The van der Waals surface area contributed by atoms with E-state index in [1.807, 2.05) is 6.07 Å². The van der Waals surface area contributed by atoms with Gasteiger partial charge in [-0.3, -0.25) is 4.79 Å². The minimum absolute atomic E-state index is 0.0359. The first-order chi connectivity index (χ1) is 8.02. The van der Waals surface area contributed by atoms with Gasteiger partial charge < -0.3 is 15.0 Å². The number of methoxy groups -OCH3 is 1. The molecule has 0 bridgehead atoms. The second kappa shape index (κ2) is 6.46. The zero-order valence-corrected chi connectivity index (χ0v) is 11.1. The molecular weight excluding hydrogens is 264 g/mol. The molecule has 0 radical (unpaired) electrons. The van der Waals surface area contributed by atoms with Gasteiger partial charge in [-0.25, -0.2) is 4.79 Å². The summed E-state index contributed by atoms with van der Waals surface area (Å²) in [7, 11) is 2.76. The number of nitrogens with one attached hydrogen (secondary N) is 1. The van der Waals surface area contributed by atoms with E-state index in [1.165, 1.54) is 30.4 Å². The lowest BCUT2D eigenvalue weighted by Gasteiger charge is -2.14. The molecule has 0 aliphatic carbocycles. The SMILES string of the molecule is COC(=O)N(C)CC(=O)NCc1ccc(Cl)s1. The summed E-state index contributed by atoms with van der Waals surface area (Å²) in [6.45, 7) is 0.372. The van der Waals surface area contributed by atoms with Gasteiger partial charge in [0.15, 0.2) is 0 Å². The van der Waals surface area contributed by atoms with Crippen molar-refractivity contribution in [1.29, 1.82) is 0 Å². The van der Waals surface area contributed by atoms with Gasteiger partial charge in [0.1, 0.15) is 6.54 Å². The van der Waals surface area contributed by atoms with E-state index in [2.05, 4.69) is 10.1 Å². The van der Waals surface area contributed by atoms with Crippen molar-refractivity contribution >= 4 is 34.9 Å². The summed E-state index contributed by atoms with van der Waals surface area (Å²) in [6, 6.07) is 3.62. The number of amides is 2. The van der Waals surface area contributed by atoms with Crippen LogP contribution in [0.5, 0.6) is 0 Å². The number of nitrogens with zero attached hydrogens (tertiary/aromatic N) is 1. The van der Waals surface area contributed by atoms with E-state index >= 15 is 0 Å². The highest BCUT2D eigenvalue weighted by Gasteiger charge is 2.12. The summed E-state index contributed by atoms with van der Waals surface area (Å²) < 4.78 is 5.15. The maximum atomic E-state index is 11.5. The molecule has 0 fully saturated rings. The zero-order valence-electron chi connectivity index (χ0n) is 9.53. The lowest BCUT2D eigenvalue weighted by molar-refractivity contribution is -0.121. The van der Waals surface area contributed by atoms with Crippen molar-refractivity contribution in [3.63, 3.8) is 0 Å². The van der Waals surface area contributed by atoms with Crippen LogP contribution in [0.1, 0.15) is 4.88 Å². The Kier molecular flexibility index (Phi) is 5.24. The van der Waals surface area contributed by atoms with Crippen LogP contribution < -0.4 is 5.32 Å². The van der Waals surface area contributed by atoms with Crippen LogP contribution in [0.25, 0.3) is 0 Å². The summed E-state index contributed by atoms with van der Waals surface area (Å²) in [5.41, 5.74) is 0. The number of rotatable bonds is 4. The molecule has 1 N–H and O–H groups in total. The number of carbonyl (C=O) groups excluding carboxylic acids is 2. The molecule has 0 saturated carbocycles. The van der Waals surface area contributed by atoms with E-state index in [9.17, 15) is 9.59 Å². The van der Waals surface area contributed by atoms with Crippen LogP contribution in [-0.2, 0) is 16.1 Å². The first-order valence-electron chi connectivity index (χ1n) is 4.83. The van der Waals surface area contributed by atoms with E-state index in [4.69, 9.17) is 11.6 Å². The molecule has 1 rings (SSSR count). The molecule has 0 unspecified atom stereocenters. The van der Waals surface area contributed by atoms with Crippen molar-refractivity contribution in [1.82, 2.24) is 10.2 Å². The van der Waals surface area contributed by atoms with Crippen LogP contribution in [0, 0.1) is 0 Å². The lowest BCUT2D eigenvalue weighted by atomic mass is 10.4. The monoisotopic (exact) mass is 276 g/mol. The Hall–Kier alpha value is -1.27. The van der Waals surface area contributed by atoms with Gasteiger partial charge in [0.05, 0.1) is 18.0 Å². The van der Waals surface area contributed by atoms with Gasteiger partial charge in [0.2, 0.25) is 5.91 Å². The number of halogens is 1. The molecule has 94 valence electrons. The number of likely N-dealkylation sites (N-methyl/N-ethyl adjacent to an activating group) is 1. The molecular formula is C10H13ClN2O3S. The van der Waals surface area contributed by atoms with Crippen LogP contribution in [0.3, 0.4) is 0 Å². The summed E-state index contributed by atoms with van der Waals surface area (Å²) in [6.07, 6.45) is -0.542. The summed E-state index contributed by atoms with van der Waals surface area (Å²) in [4.78, 5) is 24.7. The molecule has 0 aliphatic heterocycles. The van der Waals surface area contributed by atoms with Gasteiger partial charge in [-0.05, 0) is 12.1 Å². The van der Waals surface area contributed by atoms with Crippen LogP contribution in [0.15, 0.2) is 12.1 Å². The highest BCUT2D eigenvalue weighted by atomic mass is 35.5. The van der Waals surface area contributed by atoms with E-state index in [0.717, 1.165) is 4.88 Å². The van der Waals surface area contributed by atoms with E-state index in [1.54, 1.807) is 6.07 Å². The fourth-order valence-electron chi connectivity index (χ4n) is 1.12. The smallest absolute Gasteiger partial charge is 0.409 e. The standard InChI is InChI=1S/C10H13ClN2O3S/c1-13(10(15)16-2)6-9(14)12-5-7-3-4-8(11)17-7/h3-4H,5-6H2,1-2H3,(H,12,14). The summed E-state index contributed by atoms with van der Waals surface area (Å²) in [5.74, 6) is -0.248. The third-order valence-corrected chi connectivity index (χ3v) is 3.19. The molecule has 0 aliphatic rings. The largest absolute Gasteiger partial charge is 0.453 e. The Bertz CT molecular complexity index is 408. The van der Waals surface area contributed by atoms with Crippen LogP contribution in [-0.4, -0.2) is 37.6 Å². The van der Waals surface area contributed by atoms with Crippen LogP contribution in [0.2, 0.25) is 4.34 Å². The fraction of sp³-hybridized carbons (Fsp3) is 0.400. The van der Waals surface area contributed by atoms with Gasteiger partial charge in [0.25, 0.3) is 0 Å². The summed E-state index contributed by atoms with van der Waals surface area (Å²) >= 11 is 7.16. The number of thiophene rings is 1. The molecule has 0 spiro atoms. The first kappa shape index (κ1) is 13.8. The Morgan fingerprint density at radius 3 is 2.76 bits per heavy atom. The molecule has 0 aromatic carbocycles. The highest BCUT2D eigenvalue weighted by molar-refractivity contribution is 7.16. The molecule has 17 heavy (non-hydrogen) atoms. The van der Waals surface area contributed by atoms with Crippen molar-refractivity contribution in [3.05, 3.63) is 21.3 Å². The first-order valence-corrected chi connectivity index (χ1v) is 6.02. The van der Waals surface area contributed by atoms with Gasteiger partial charge >= 0.3 is 6.09 Å². The Morgan fingerprint density at radius 1 is 1.53 bits per heavy atom. The number of hydrogen-bond donors (Lipinski definition) is 1. The number of carbonyl (C=O) groups is 2. The van der Waals surface area contributed by atoms with Crippen molar-refractivity contribution in [2.45, 2.75) is 6.54 Å². The highest BCUT2D eigenvalue weighted by Crippen LogP contribution is 2.20. The Balaban J connectivity index is 2.33. The minimum Gasteiger partial charge on any atom is -0.453 e. The molecule has 1 aromatic heterocycles. The second-order valence-electron chi connectivity index (χ2n) is 3.31. The average Bonchev–Trinajstić information content (AvgIpc) is 2.71. The maximum absolute atomic E-state index is 11.5. The lowest BCUT2D eigenvalue weighted by Crippen LogP contribution is -2.37. The zero-order chi connectivity index (χ0) is 12.8. The molecule has 0 saturated heterocycles. The van der Waals surface area contributed by atoms with Crippen LogP contribution >= 0.6 is 22.9 Å². The molecule has 5 nitrogen and oxygen atoms in total. The molecule has 1 aromatic rings. The topological polar surface area (TPSA) is 58.6 Å². The number of hydrogen-bond acceptors (Lipinski definition) is 4. The molecule has 0 atom stereocenters. The average molecular weight is 277 g/mol. The third kappa shape index (κ3) is 4.62. The Labute approximate surface area is 108 Å². The normalized spacial score (nSPS) is 9.82. The van der Waals surface area contributed by atoms with Crippen molar-refractivity contribution in [2.75, 3.05) is 20.7 Å². The summed E-state index contributed by atoms with van der Waals surface area (Å²) in [5, 5.41) is 2.69. The second-order valence-corrected chi connectivity index (χ2v) is 5.11. The van der Waals surface area contributed by atoms with Gasteiger partial charge in [0, 0.05) is 11.9 Å². The fourth-order valence-corrected chi connectivity index (χ4v) is 2.15. The molecule has 1 heterocycles. The molecule has 7 heteroatoms. The third-order valence-electron chi connectivity index (χ3n) is 1.96. The van der Waals surface area contributed by atoms with Crippen molar-refractivity contribution in [2.24, 2.45) is 0 Å². The molecule has 2 amide bonds. The van der Waals surface area contributed by atoms with E-state index in [-0.39, 0.29) is 12.5 Å². The van der Waals surface area contributed by atoms with Crippen LogP contribution in [0.4, 0.5) is 4.79 Å². The predicted octanol–water partition coefficient (Wildman–Crippen LogP) is 1.72. The quantitative estimate of drug-likeness (QED) is 0.911. The predicted molar refractivity (Wildman–Crippen MR) is 66.2 cm³/mol. The van der Waals surface area contributed by atoms with Gasteiger partial charge in [-0.1, -0.05) is 11.6 Å². The van der Waals surface area contributed by atoms with Crippen molar-refractivity contribution in [3.8, 4) is 0 Å². The minimum atomic E-state index is -0.542. The number of ether oxygens (including phenoxy) is 1. The van der Waals surface area contributed by atoms with Crippen molar-refractivity contribution < 1.29 is 14.3 Å². The maximum Gasteiger partial charge on any atom is 0.409 e. The van der Waals surface area contributed by atoms with Gasteiger partial charge in [-0.15, -0.1) is 11.3 Å². The van der Waals surface area contributed by atoms with E-state index < -0.39 is 6.09 Å². The van der Waals surface area contributed by atoms with E-state index in [0.29, 0.717) is 10.9 Å².